The molecular formula is C21H13BrCl2N4O. The van der Waals surface area contributed by atoms with Gasteiger partial charge in [-0.1, -0.05) is 69.5 Å². The summed E-state index contributed by atoms with van der Waals surface area (Å²) < 4.78 is 2.59. The number of nitrogens with zero attached hydrogens (tertiary/aromatic N) is 3. The minimum Gasteiger partial charge on any atom is -0.319 e. The lowest BCUT2D eigenvalue weighted by molar-refractivity contribution is 0.101. The molecule has 0 aliphatic carbocycles. The van der Waals surface area contributed by atoms with Gasteiger partial charge in [0.05, 0.1) is 15.7 Å². The van der Waals surface area contributed by atoms with Gasteiger partial charge in [-0.2, -0.15) is 0 Å². The van der Waals surface area contributed by atoms with Crippen molar-refractivity contribution in [2.24, 2.45) is 0 Å². The molecule has 0 atom stereocenters. The molecule has 4 rings (SSSR count). The Bertz CT molecular complexity index is 1180. The van der Waals surface area contributed by atoms with Crippen LogP contribution in [0.3, 0.4) is 0 Å². The van der Waals surface area contributed by atoms with Crippen LogP contribution in [-0.2, 0) is 0 Å². The average molecular weight is 488 g/mol. The van der Waals surface area contributed by atoms with Crippen molar-refractivity contribution < 1.29 is 4.79 Å². The number of hydrogen-bond acceptors (Lipinski definition) is 3. The minimum absolute atomic E-state index is 0.0397. The first kappa shape index (κ1) is 19.6. The second-order valence-corrected chi connectivity index (χ2v) is 7.83. The molecule has 1 aromatic heterocycles. The molecule has 0 radical (unpaired) electrons. The van der Waals surface area contributed by atoms with E-state index >= 15 is 0 Å². The van der Waals surface area contributed by atoms with Gasteiger partial charge in [0.2, 0.25) is 5.82 Å². The summed E-state index contributed by atoms with van der Waals surface area (Å²) >= 11 is 15.4. The number of carbonyl (C=O) groups excluding carboxylic acids is 1. The highest BCUT2D eigenvalue weighted by Crippen LogP contribution is 2.26. The van der Waals surface area contributed by atoms with Crippen LogP contribution in [0.1, 0.15) is 10.6 Å². The summed E-state index contributed by atoms with van der Waals surface area (Å²) in [5.74, 6) is 0.150. The van der Waals surface area contributed by atoms with E-state index in [1.807, 2.05) is 54.6 Å². The maximum atomic E-state index is 12.8. The van der Waals surface area contributed by atoms with Gasteiger partial charge < -0.3 is 5.32 Å². The topological polar surface area (TPSA) is 59.8 Å². The Morgan fingerprint density at radius 3 is 2.34 bits per heavy atom. The fourth-order valence-electron chi connectivity index (χ4n) is 2.70. The van der Waals surface area contributed by atoms with Crippen molar-refractivity contribution in [3.63, 3.8) is 0 Å². The standard InChI is InChI=1S/C21H13BrCl2N4O/c22-14-8-6-13(7-9-14)20-26-19(27-28(20)16-4-2-1-3-5-16)21(29)25-15-10-11-17(23)18(24)12-15/h1-12H,(H,25,29). The number of hydrogen-bond donors (Lipinski definition) is 1. The molecule has 8 heteroatoms. The molecule has 0 aliphatic rings. The number of halogens is 3. The SMILES string of the molecule is O=C(Nc1ccc(Cl)c(Cl)c1)c1nc(-c2ccc(Br)cc2)n(-c2ccccc2)n1. The molecular weight excluding hydrogens is 475 g/mol. The quantitative estimate of drug-likeness (QED) is 0.369. The van der Waals surface area contributed by atoms with Crippen LogP contribution in [0.4, 0.5) is 5.69 Å². The second-order valence-electron chi connectivity index (χ2n) is 6.10. The molecule has 1 amide bonds. The van der Waals surface area contributed by atoms with Crippen molar-refractivity contribution in [2.75, 3.05) is 5.32 Å². The summed E-state index contributed by atoms with van der Waals surface area (Å²) in [5.41, 5.74) is 2.13. The van der Waals surface area contributed by atoms with Crippen LogP contribution in [-0.4, -0.2) is 20.7 Å². The van der Waals surface area contributed by atoms with E-state index in [4.69, 9.17) is 23.2 Å². The lowest BCUT2D eigenvalue weighted by Crippen LogP contribution is -2.14. The van der Waals surface area contributed by atoms with E-state index in [-0.39, 0.29) is 5.82 Å². The summed E-state index contributed by atoms with van der Waals surface area (Å²) in [6.45, 7) is 0. The molecule has 1 heterocycles. The Morgan fingerprint density at radius 1 is 0.931 bits per heavy atom. The number of carbonyl (C=O) groups is 1. The van der Waals surface area contributed by atoms with Gasteiger partial charge >= 0.3 is 0 Å². The highest BCUT2D eigenvalue weighted by Gasteiger charge is 2.19. The lowest BCUT2D eigenvalue weighted by atomic mass is 10.2. The Kier molecular flexibility index (Phi) is 5.67. The number of nitrogens with one attached hydrogen (secondary N) is 1. The van der Waals surface area contributed by atoms with E-state index in [1.54, 1.807) is 22.9 Å². The van der Waals surface area contributed by atoms with Crippen LogP contribution in [0.2, 0.25) is 10.0 Å². The maximum absolute atomic E-state index is 12.8. The lowest BCUT2D eigenvalue weighted by Gasteiger charge is -2.05. The third kappa shape index (κ3) is 4.34. The Labute approximate surface area is 185 Å². The number of rotatable bonds is 4. The van der Waals surface area contributed by atoms with Crippen LogP contribution >= 0.6 is 39.1 Å². The van der Waals surface area contributed by atoms with Gasteiger partial charge in [-0.15, -0.1) is 5.10 Å². The molecule has 0 aliphatic heterocycles. The Balaban J connectivity index is 1.73. The third-order valence-corrected chi connectivity index (χ3v) is 5.36. The second kappa shape index (κ2) is 8.37. The van der Waals surface area contributed by atoms with Gasteiger partial charge in [0.15, 0.2) is 5.82 Å². The van der Waals surface area contributed by atoms with Gasteiger partial charge in [-0.05, 0) is 42.5 Å². The minimum atomic E-state index is -0.448. The van der Waals surface area contributed by atoms with Gasteiger partial charge in [0, 0.05) is 15.7 Å². The van der Waals surface area contributed by atoms with Crippen molar-refractivity contribution in [1.82, 2.24) is 14.8 Å². The van der Waals surface area contributed by atoms with E-state index in [9.17, 15) is 4.79 Å². The van der Waals surface area contributed by atoms with E-state index in [2.05, 4.69) is 31.3 Å². The van der Waals surface area contributed by atoms with Crippen molar-refractivity contribution in [3.8, 4) is 17.1 Å². The van der Waals surface area contributed by atoms with Crippen LogP contribution in [0.25, 0.3) is 17.1 Å². The molecule has 0 fully saturated rings. The van der Waals surface area contributed by atoms with Gasteiger partial charge in [-0.25, -0.2) is 9.67 Å². The van der Waals surface area contributed by atoms with Gasteiger partial charge in [0.25, 0.3) is 5.91 Å². The zero-order valence-electron chi connectivity index (χ0n) is 14.8. The number of amides is 1. The van der Waals surface area contributed by atoms with Crippen molar-refractivity contribution >= 4 is 50.7 Å². The average Bonchev–Trinajstić information content (AvgIpc) is 3.18. The molecule has 0 saturated carbocycles. The number of para-hydroxylation sites is 1. The molecule has 144 valence electrons. The molecule has 5 nitrogen and oxygen atoms in total. The molecule has 29 heavy (non-hydrogen) atoms. The van der Waals surface area contributed by atoms with E-state index in [0.717, 1.165) is 15.7 Å². The summed E-state index contributed by atoms with van der Waals surface area (Å²) in [6.07, 6.45) is 0. The normalized spacial score (nSPS) is 10.7. The Morgan fingerprint density at radius 2 is 1.66 bits per heavy atom. The number of benzene rings is 3. The van der Waals surface area contributed by atoms with Crippen molar-refractivity contribution in [2.45, 2.75) is 0 Å². The molecule has 0 saturated heterocycles. The zero-order chi connectivity index (χ0) is 20.4. The molecule has 0 spiro atoms. The first-order valence-electron chi connectivity index (χ1n) is 8.56. The van der Waals surface area contributed by atoms with Crippen LogP contribution in [0, 0.1) is 0 Å². The van der Waals surface area contributed by atoms with E-state index in [1.165, 1.54) is 0 Å². The van der Waals surface area contributed by atoms with Crippen molar-refractivity contribution in [1.29, 1.82) is 0 Å². The van der Waals surface area contributed by atoms with Crippen molar-refractivity contribution in [3.05, 3.63) is 93.1 Å². The summed E-state index contributed by atoms with van der Waals surface area (Å²) in [7, 11) is 0. The smallest absolute Gasteiger partial charge is 0.295 e. The molecule has 4 aromatic rings. The number of anilines is 1. The summed E-state index contributed by atoms with van der Waals surface area (Å²) in [5, 5.41) is 7.95. The first-order chi connectivity index (χ1) is 14.0. The summed E-state index contributed by atoms with van der Waals surface area (Å²) in [4.78, 5) is 17.2. The van der Waals surface area contributed by atoms with Crippen LogP contribution in [0.15, 0.2) is 77.3 Å². The predicted octanol–water partition coefficient (Wildman–Crippen LogP) is 6.26. The largest absolute Gasteiger partial charge is 0.319 e. The van der Waals surface area contributed by atoms with Gasteiger partial charge in [0.1, 0.15) is 0 Å². The Hall–Kier alpha value is -2.67. The molecule has 1 N–H and O–H groups in total. The zero-order valence-corrected chi connectivity index (χ0v) is 17.9. The van der Waals surface area contributed by atoms with Gasteiger partial charge in [-0.3, -0.25) is 4.79 Å². The predicted molar refractivity (Wildman–Crippen MR) is 119 cm³/mol. The first-order valence-corrected chi connectivity index (χ1v) is 10.1. The maximum Gasteiger partial charge on any atom is 0.295 e. The monoisotopic (exact) mass is 486 g/mol. The van der Waals surface area contributed by atoms with E-state index in [0.29, 0.717) is 21.6 Å². The van der Waals surface area contributed by atoms with E-state index < -0.39 is 5.91 Å². The number of aromatic nitrogens is 3. The highest BCUT2D eigenvalue weighted by atomic mass is 79.9. The molecule has 3 aromatic carbocycles. The highest BCUT2D eigenvalue weighted by molar-refractivity contribution is 9.10. The van der Waals surface area contributed by atoms with Crippen LogP contribution in [0.5, 0.6) is 0 Å². The molecule has 0 bridgehead atoms. The molecule has 0 unspecified atom stereocenters. The fraction of sp³-hybridized carbons (Fsp3) is 0. The fourth-order valence-corrected chi connectivity index (χ4v) is 3.27. The third-order valence-electron chi connectivity index (χ3n) is 4.09. The van der Waals surface area contributed by atoms with Crippen LogP contribution < -0.4 is 5.32 Å². The summed E-state index contributed by atoms with van der Waals surface area (Å²) in [6, 6.07) is 22.0.